The van der Waals surface area contributed by atoms with Gasteiger partial charge in [0, 0.05) is 35.4 Å². The van der Waals surface area contributed by atoms with Crippen molar-refractivity contribution in [2.24, 2.45) is 7.05 Å². The van der Waals surface area contributed by atoms with Crippen LogP contribution in [0.25, 0.3) is 11.1 Å². The number of carbonyl (C=O) groups excluding carboxylic acids is 1. The second-order valence-electron chi connectivity index (χ2n) is 6.47. The molecule has 0 unspecified atom stereocenters. The molecule has 0 spiro atoms. The maximum atomic E-state index is 12.7. The van der Waals surface area contributed by atoms with Crippen LogP contribution in [0.5, 0.6) is 0 Å². The van der Waals surface area contributed by atoms with Gasteiger partial charge < -0.3 is 14.3 Å². The van der Waals surface area contributed by atoms with Gasteiger partial charge in [0.25, 0.3) is 5.69 Å². The molecule has 2 aromatic heterocycles. The third-order valence-corrected chi connectivity index (χ3v) is 5.75. The number of benzene rings is 2. The number of nitrogens with zero attached hydrogens (tertiary/aromatic N) is 4. The van der Waals surface area contributed by atoms with Crippen molar-refractivity contribution in [2.75, 3.05) is 5.32 Å². The molecular formula is C19H14ClN5O5S. The fraction of sp³-hybridized carbons (Fsp3) is 0.105. The molecule has 0 atom stereocenters. The van der Waals surface area contributed by atoms with E-state index in [4.69, 9.17) is 16.0 Å². The highest BCUT2D eigenvalue weighted by molar-refractivity contribution is 7.99. The van der Waals surface area contributed by atoms with Crippen LogP contribution in [-0.2, 0) is 18.4 Å². The van der Waals surface area contributed by atoms with Crippen LogP contribution in [0, 0.1) is 10.1 Å². The zero-order valence-electron chi connectivity index (χ0n) is 15.9. The van der Waals surface area contributed by atoms with E-state index in [1.165, 1.54) is 23.9 Å². The van der Waals surface area contributed by atoms with E-state index in [-0.39, 0.29) is 23.3 Å². The molecule has 0 saturated heterocycles. The van der Waals surface area contributed by atoms with Gasteiger partial charge in [0.1, 0.15) is 6.54 Å². The Hall–Kier alpha value is -3.57. The first-order chi connectivity index (χ1) is 14.8. The zero-order chi connectivity index (χ0) is 22.1. The number of amides is 1. The van der Waals surface area contributed by atoms with Gasteiger partial charge in [-0.2, -0.15) is 0 Å². The first kappa shape index (κ1) is 20.7. The number of nitro groups is 1. The van der Waals surface area contributed by atoms with Gasteiger partial charge in [-0.25, -0.2) is 9.78 Å². The summed E-state index contributed by atoms with van der Waals surface area (Å²) in [5.41, 5.74) is 0.551. The molecule has 0 aliphatic heterocycles. The lowest BCUT2D eigenvalue weighted by Crippen LogP contribution is -2.25. The second kappa shape index (κ2) is 8.28. The summed E-state index contributed by atoms with van der Waals surface area (Å²) in [7, 11) is 1.85. The van der Waals surface area contributed by atoms with Gasteiger partial charge in [0.15, 0.2) is 10.7 Å². The number of aromatic nitrogens is 3. The molecule has 2 aromatic carbocycles. The van der Waals surface area contributed by atoms with Crippen molar-refractivity contribution in [1.82, 2.24) is 14.1 Å². The highest BCUT2D eigenvalue weighted by atomic mass is 35.5. The number of halogens is 1. The van der Waals surface area contributed by atoms with E-state index in [1.54, 1.807) is 30.6 Å². The Morgan fingerprint density at radius 1 is 1.32 bits per heavy atom. The number of hydrogen-bond donors (Lipinski definition) is 1. The Kier molecular flexibility index (Phi) is 5.53. The van der Waals surface area contributed by atoms with Gasteiger partial charge in [-0.15, -0.1) is 0 Å². The van der Waals surface area contributed by atoms with Gasteiger partial charge in [-0.1, -0.05) is 11.6 Å². The van der Waals surface area contributed by atoms with E-state index in [0.717, 1.165) is 15.8 Å². The summed E-state index contributed by atoms with van der Waals surface area (Å²) in [5.74, 6) is -1.29. The van der Waals surface area contributed by atoms with Crippen molar-refractivity contribution >= 4 is 51.7 Å². The average Bonchev–Trinajstić information content (AvgIpc) is 3.26. The van der Waals surface area contributed by atoms with Crippen molar-refractivity contribution in [3.8, 4) is 0 Å². The Labute approximate surface area is 183 Å². The number of anilines is 1. The average molecular weight is 460 g/mol. The number of imidazole rings is 1. The highest BCUT2D eigenvalue weighted by Crippen LogP contribution is 2.34. The molecular weight excluding hydrogens is 446 g/mol. The Morgan fingerprint density at radius 2 is 2.13 bits per heavy atom. The van der Waals surface area contributed by atoms with Crippen molar-refractivity contribution < 1.29 is 14.1 Å². The first-order valence-corrected chi connectivity index (χ1v) is 10.0. The number of non-ortho nitro benzene ring substituents is 1. The second-order valence-corrected chi connectivity index (χ2v) is 7.92. The Balaban J connectivity index is 1.59. The number of aryl methyl sites for hydroxylation is 1. The lowest BCUT2D eigenvalue weighted by Gasteiger charge is -2.11. The van der Waals surface area contributed by atoms with Crippen LogP contribution in [0.1, 0.15) is 0 Å². The summed E-state index contributed by atoms with van der Waals surface area (Å²) in [4.78, 5) is 40.2. The third kappa shape index (κ3) is 4.32. The largest absolute Gasteiger partial charge is 0.420 e. The molecule has 0 fully saturated rings. The SMILES string of the molecule is Cn1ccnc1Sc1ccc(Cl)cc1NC(=O)Cn1c(=O)oc2cc([N+](=O)[O-])ccc21. The standard InChI is InChI=1S/C19H14ClN5O5S/c1-23-7-6-21-18(23)31-16-5-2-11(20)8-13(16)22-17(26)10-24-14-4-3-12(25(28)29)9-15(14)30-19(24)27/h2-9H,10H2,1H3,(H,22,26). The summed E-state index contributed by atoms with van der Waals surface area (Å²) < 4.78 is 7.99. The lowest BCUT2D eigenvalue weighted by molar-refractivity contribution is -0.384. The quantitative estimate of drug-likeness (QED) is 0.344. The summed E-state index contributed by atoms with van der Waals surface area (Å²) in [6, 6.07) is 8.81. The number of rotatable bonds is 6. The van der Waals surface area contributed by atoms with Crippen molar-refractivity contribution in [3.63, 3.8) is 0 Å². The topological polar surface area (TPSA) is 125 Å². The molecule has 2 heterocycles. The molecule has 1 amide bonds. The summed E-state index contributed by atoms with van der Waals surface area (Å²) >= 11 is 7.44. The molecule has 12 heteroatoms. The van der Waals surface area contributed by atoms with Gasteiger partial charge in [0.05, 0.1) is 22.2 Å². The molecule has 0 aliphatic carbocycles. The number of oxazole rings is 1. The molecule has 0 radical (unpaired) electrons. The molecule has 10 nitrogen and oxygen atoms in total. The van der Waals surface area contributed by atoms with Crippen LogP contribution in [0.15, 0.2) is 68.1 Å². The molecule has 4 rings (SSSR count). The molecule has 31 heavy (non-hydrogen) atoms. The summed E-state index contributed by atoms with van der Waals surface area (Å²) in [6.45, 7) is -0.345. The molecule has 0 bridgehead atoms. The normalized spacial score (nSPS) is 11.0. The van der Waals surface area contributed by atoms with Crippen LogP contribution in [0.4, 0.5) is 11.4 Å². The number of nitro benzene ring substituents is 1. The van der Waals surface area contributed by atoms with Gasteiger partial charge in [0.2, 0.25) is 5.91 Å². The van der Waals surface area contributed by atoms with E-state index in [0.29, 0.717) is 15.6 Å². The van der Waals surface area contributed by atoms with E-state index < -0.39 is 16.6 Å². The van der Waals surface area contributed by atoms with Crippen LogP contribution >= 0.6 is 23.4 Å². The fourth-order valence-electron chi connectivity index (χ4n) is 2.89. The summed E-state index contributed by atoms with van der Waals surface area (Å²) in [5, 5.41) is 14.8. The van der Waals surface area contributed by atoms with Crippen LogP contribution < -0.4 is 11.1 Å². The minimum atomic E-state index is -0.792. The maximum Gasteiger partial charge on any atom is 0.420 e. The number of fused-ring (bicyclic) bond motifs is 1. The van der Waals surface area contributed by atoms with Crippen molar-refractivity contribution in [3.05, 3.63) is 74.5 Å². The van der Waals surface area contributed by atoms with Crippen molar-refractivity contribution in [1.29, 1.82) is 0 Å². The van der Waals surface area contributed by atoms with Crippen molar-refractivity contribution in [2.45, 2.75) is 16.6 Å². The molecule has 1 N–H and O–H groups in total. The first-order valence-electron chi connectivity index (χ1n) is 8.84. The lowest BCUT2D eigenvalue weighted by atomic mass is 10.3. The van der Waals surface area contributed by atoms with E-state index >= 15 is 0 Å². The van der Waals surface area contributed by atoms with E-state index in [2.05, 4.69) is 10.3 Å². The molecule has 4 aromatic rings. The highest BCUT2D eigenvalue weighted by Gasteiger charge is 2.17. The smallest absolute Gasteiger partial charge is 0.407 e. The Bertz CT molecular complexity index is 1380. The summed E-state index contributed by atoms with van der Waals surface area (Å²) in [6.07, 6.45) is 3.47. The molecule has 158 valence electrons. The molecule has 0 saturated carbocycles. The predicted molar refractivity (Wildman–Crippen MR) is 115 cm³/mol. The van der Waals surface area contributed by atoms with Crippen LogP contribution in [-0.4, -0.2) is 24.9 Å². The number of nitrogens with one attached hydrogen (secondary N) is 1. The van der Waals surface area contributed by atoms with Gasteiger partial charge in [-0.3, -0.25) is 19.5 Å². The maximum absolute atomic E-state index is 12.7. The van der Waals surface area contributed by atoms with Gasteiger partial charge >= 0.3 is 5.76 Å². The van der Waals surface area contributed by atoms with Crippen LogP contribution in [0.3, 0.4) is 0 Å². The minimum absolute atomic E-state index is 0.0285. The molecule has 0 aliphatic rings. The third-order valence-electron chi connectivity index (χ3n) is 4.36. The van der Waals surface area contributed by atoms with Crippen LogP contribution in [0.2, 0.25) is 5.02 Å². The van der Waals surface area contributed by atoms with Gasteiger partial charge in [-0.05, 0) is 36.0 Å². The fourth-order valence-corrected chi connectivity index (χ4v) is 3.93. The Morgan fingerprint density at radius 3 is 2.84 bits per heavy atom. The monoisotopic (exact) mass is 459 g/mol. The van der Waals surface area contributed by atoms with E-state index in [1.807, 2.05) is 11.6 Å². The number of carbonyl (C=O) groups is 1. The number of hydrogen-bond acceptors (Lipinski definition) is 7. The predicted octanol–water partition coefficient (Wildman–Crippen LogP) is 3.68. The zero-order valence-corrected chi connectivity index (χ0v) is 17.5. The minimum Gasteiger partial charge on any atom is -0.407 e. The van der Waals surface area contributed by atoms with E-state index in [9.17, 15) is 19.7 Å².